The fourth-order valence-electron chi connectivity index (χ4n) is 1.99. The van der Waals surface area contributed by atoms with E-state index in [0.29, 0.717) is 16.5 Å². The lowest BCUT2D eigenvalue weighted by Gasteiger charge is -1.98. The molecule has 1 aromatic carbocycles. The second kappa shape index (κ2) is 5.43. The summed E-state index contributed by atoms with van der Waals surface area (Å²) in [5, 5.41) is 12.3. The highest BCUT2D eigenvalue weighted by Crippen LogP contribution is 2.32. The zero-order chi connectivity index (χ0) is 15.0. The zero-order valence-corrected chi connectivity index (χ0v) is 13.4. The highest BCUT2D eigenvalue weighted by molar-refractivity contribution is 9.10. The summed E-state index contributed by atoms with van der Waals surface area (Å²) in [4.78, 5) is 15.8. The molecule has 0 fully saturated rings. The van der Waals surface area contributed by atoms with Crippen LogP contribution in [-0.2, 0) is 4.79 Å². The number of hydrogen-bond donors (Lipinski definition) is 0. The summed E-state index contributed by atoms with van der Waals surface area (Å²) in [5.41, 5.74) is 1.41. The molecule has 0 aliphatic rings. The van der Waals surface area contributed by atoms with Gasteiger partial charge < -0.3 is 4.42 Å². The first-order valence-electron chi connectivity index (χ1n) is 6.13. The topological polar surface area (TPSA) is 66.9 Å². The van der Waals surface area contributed by atoms with Gasteiger partial charge in [-0.2, -0.15) is 5.26 Å². The molecule has 0 radical (unpaired) electrons. The molecule has 104 valence electrons. The Kier molecular flexibility index (Phi) is 3.62. The number of halogens is 1. The first kappa shape index (κ1) is 14.0. The Bertz CT molecular complexity index is 875. The van der Waals surface area contributed by atoms with Gasteiger partial charge >= 0.3 is 0 Å². The molecule has 6 heteroatoms. The minimum atomic E-state index is -0.803. The molecule has 1 atom stereocenters. The van der Waals surface area contributed by atoms with Crippen LogP contribution in [0.2, 0.25) is 0 Å². The van der Waals surface area contributed by atoms with Gasteiger partial charge in [0.05, 0.1) is 6.07 Å². The number of hydrogen-bond acceptors (Lipinski definition) is 5. The van der Waals surface area contributed by atoms with E-state index in [0.717, 1.165) is 15.4 Å². The molecule has 21 heavy (non-hydrogen) atoms. The fourth-order valence-corrected chi connectivity index (χ4v) is 3.28. The van der Waals surface area contributed by atoms with Crippen LogP contribution in [0.15, 0.2) is 38.5 Å². The van der Waals surface area contributed by atoms with Crippen LogP contribution in [-0.4, -0.2) is 10.8 Å². The number of benzene rings is 1. The average molecular weight is 361 g/mol. The number of aromatic nitrogens is 1. The van der Waals surface area contributed by atoms with Gasteiger partial charge in [-0.05, 0) is 31.2 Å². The predicted octanol–water partition coefficient (Wildman–Crippen LogP) is 4.51. The molecular formula is C15H9BrN2O2S. The van der Waals surface area contributed by atoms with Crippen LogP contribution in [0.25, 0.3) is 22.4 Å². The smallest absolute Gasteiger partial charge is 0.156 e. The second-order valence-electron chi connectivity index (χ2n) is 4.54. The van der Waals surface area contributed by atoms with E-state index in [2.05, 4.69) is 20.9 Å². The highest BCUT2D eigenvalue weighted by Gasteiger charge is 2.21. The molecule has 0 bridgehead atoms. The third kappa shape index (κ3) is 2.62. The van der Waals surface area contributed by atoms with Gasteiger partial charge in [0, 0.05) is 15.2 Å². The van der Waals surface area contributed by atoms with E-state index in [1.807, 2.05) is 30.3 Å². The predicted molar refractivity (Wildman–Crippen MR) is 84.1 cm³/mol. The van der Waals surface area contributed by atoms with Gasteiger partial charge in [0.1, 0.15) is 16.3 Å². The van der Waals surface area contributed by atoms with Gasteiger partial charge in [0.2, 0.25) is 0 Å². The third-order valence-corrected chi connectivity index (χ3v) is 4.44. The van der Waals surface area contributed by atoms with E-state index in [-0.39, 0.29) is 5.78 Å². The van der Waals surface area contributed by atoms with Crippen molar-refractivity contribution in [2.75, 3.05) is 0 Å². The third-order valence-electron chi connectivity index (χ3n) is 3.04. The van der Waals surface area contributed by atoms with Crippen molar-refractivity contribution in [3.8, 4) is 17.5 Å². The van der Waals surface area contributed by atoms with Crippen molar-refractivity contribution in [3.63, 3.8) is 0 Å². The average Bonchev–Trinajstić information content (AvgIpc) is 3.04. The van der Waals surface area contributed by atoms with Gasteiger partial charge in [0.15, 0.2) is 17.5 Å². The zero-order valence-electron chi connectivity index (χ0n) is 11.0. The van der Waals surface area contributed by atoms with Crippen molar-refractivity contribution in [3.05, 3.63) is 39.1 Å². The Hall–Kier alpha value is -1.97. The molecule has 0 unspecified atom stereocenters. The van der Waals surface area contributed by atoms with Crippen molar-refractivity contribution >= 4 is 44.0 Å². The van der Waals surface area contributed by atoms with Gasteiger partial charge in [-0.25, -0.2) is 4.98 Å². The van der Waals surface area contributed by atoms with E-state index in [9.17, 15) is 4.79 Å². The van der Waals surface area contributed by atoms with E-state index in [1.165, 1.54) is 18.3 Å². The summed E-state index contributed by atoms with van der Waals surface area (Å²) < 4.78 is 6.73. The molecule has 4 nitrogen and oxygen atoms in total. The van der Waals surface area contributed by atoms with Crippen molar-refractivity contribution < 1.29 is 9.21 Å². The first-order chi connectivity index (χ1) is 10.1. The van der Waals surface area contributed by atoms with Crippen molar-refractivity contribution in [1.29, 1.82) is 5.26 Å². The van der Waals surface area contributed by atoms with Gasteiger partial charge in [-0.3, -0.25) is 4.79 Å². The monoisotopic (exact) mass is 360 g/mol. The van der Waals surface area contributed by atoms with Crippen molar-refractivity contribution in [1.82, 2.24) is 4.98 Å². The quantitative estimate of drug-likeness (QED) is 0.688. The Morgan fingerprint density at radius 1 is 1.48 bits per heavy atom. The van der Waals surface area contributed by atoms with Crippen molar-refractivity contribution in [2.24, 2.45) is 0 Å². The Labute approximate surface area is 133 Å². The molecule has 0 saturated carbocycles. The largest absolute Gasteiger partial charge is 0.454 e. The first-order valence-corrected chi connectivity index (χ1v) is 7.80. The number of carbonyl (C=O) groups excluding carboxylic acids is 1. The van der Waals surface area contributed by atoms with Crippen LogP contribution < -0.4 is 0 Å². The maximum absolute atomic E-state index is 11.4. The van der Waals surface area contributed by atoms with E-state index in [4.69, 9.17) is 9.68 Å². The summed E-state index contributed by atoms with van der Waals surface area (Å²) in [6, 6.07) is 9.62. The Morgan fingerprint density at radius 3 is 3.00 bits per heavy atom. The molecule has 0 spiro atoms. The summed E-state index contributed by atoms with van der Waals surface area (Å²) in [6.45, 7) is 1.40. The Balaban J connectivity index is 2.02. The van der Waals surface area contributed by atoms with Gasteiger partial charge in [0.25, 0.3) is 0 Å². The van der Waals surface area contributed by atoms with Crippen LogP contribution in [0.5, 0.6) is 0 Å². The van der Waals surface area contributed by atoms with Crippen molar-refractivity contribution in [2.45, 2.75) is 12.8 Å². The minimum Gasteiger partial charge on any atom is -0.454 e. The van der Waals surface area contributed by atoms with Gasteiger partial charge in [-0.15, -0.1) is 11.3 Å². The number of ketones is 1. The molecule has 0 saturated heterocycles. The summed E-state index contributed by atoms with van der Waals surface area (Å²) in [6.07, 6.45) is 0. The molecule has 2 aromatic heterocycles. The number of fused-ring (bicyclic) bond motifs is 1. The Morgan fingerprint density at radius 2 is 2.29 bits per heavy atom. The molecule has 3 aromatic rings. The molecular weight excluding hydrogens is 352 g/mol. The van der Waals surface area contributed by atoms with E-state index >= 15 is 0 Å². The SMILES string of the molecule is CC(=O)[C@@H](C#N)c1nc(-c2cc3cc(Br)ccc3o2)cs1. The lowest BCUT2D eigenvalue weighted by Crippen LogP contribution is -2.05. The summed E-state index contributed by atoms with van der Waals surface area (Å²) >= 11 is 4.71. The standard InChI is InChI=1S/C15H9BrN2O2S/c1-8(19)11(6-17)15-18-12(7-21-15)14-5-9-4-10(16)2-3-13(9)20-14/h2-5,7,11H,1H3/t11-/m1/s1. The summed E-state index contributed by atoms with van der Waals surface area (Å²) in [5.74, 6) is -0.375. The number of nitrogens with zero attached hydrogens (tertiary/aromatic N) is 2. The maximum Gasteiger partial charge on any atom is 0.156 e. The van der Waals surface area contributed by atoms with Crippen LogP contribution in [0.3, 0.4) is 0 Å². The molecule has 0 aliphatic carbocycles. The molecule has 2 heterocycles. The van der Waals surface area contributed by atoms with E-state index in [1.54, 1.807) is 5.38 Å². The number of Topliss-reactive ketones (excluding diaryl/α,β-unsaturated/α-hetero) is 1. The molecule has 3 rings (SSSR count). The lowest BCUT2D eigenvalue weighted by molar-refractivity contribution is -0.117. The van der Waals surface area contributed by atoms with Crippen LogP contribution >= 0.6 is 27.3 Å². The number of rotatable bonds is 3. The number of thiazole rings is 1. The number of carbonyl (C=O) groups is 1. The fraction of sp³-hybridized carbons (Fsp3) is 0.133. The van der Waals surface area contributed by atoms with Crippen LogP contribution in [0, 0.1) is 11.3 Å². The van der Waals surface area contributed by atoms with Crippen LogP contribution in [0.4, 0.5) is 0 Å². The number of furan rings is 1. The summed E-state index contributed by atoms with van der Waals surface area (Å²) in [7, 11) is 0. The molecule has 0 amide bonds. The van der Waals surface area contributed by atoms with E-state index < -0.39 is 5.92 Å². The molecule has 0 aliphatic heterocycles. The molecule has 0 N–H and O–H groups in total. The van der Waals surface area contributed by atoms with Crippen LogP contribution in [0.1, 0.15) is 17.8 Å². The number of nitriles is 1. The lowest BCUT2D eigenvalue weighted by atomic mass is 10.1. The highest BCUT2D eigenvalue weighted by atomic mass is 79.9. The second-order valence-corrected chi connectivity index (χ2v) is 6.34. The maximum atomic E-state index is 11.4. The van der Waals surface area contributed by atoms with Gasteiger partial charge in [-0.1, -0.05) is 15.9 Å². The minimum absolute atomic E-state index is 0.202. The normalized spacial score (nSPS) is 12.2.